The number of carbonyl (C=O) groups excluding carboxylic acids is 2. The van der Waals surface area contributed by atoms with Gasteiger partial charge in [-0.05, 0) is 36.6 Å². The molecule has 0 saturated carbocycles. The van der Waals surface area contributed by atoms with Gasteiger partial charge in [0.25, 0.3) is 0 Å². The van der Waals surface area contributed by atoms with Gasteiger partial charge < -0.3 is 13.8 Å². The number of hydrogen-bond acceptors (Lipinski definition) is 7. The molecule has 3 aromatic carbocycles. The van der Waals surface area contributed by atoms with E-state index in [2.05, 4.69) is 0 Å². The zero-order valence-electron chi connectivity index (χ0n) is 20.3. The summed E-state index contributed by atoms with van der Waals surface area (Å²) in [6, 6.07) is 24.2. The summed E-state index contributed by atoms with van der Waals surface area (Å²) in [5.74, 6) is -0.321. The van der Waals surface area contributed by atoms with Gasteiger partial charge in [-0.1, -0.05) is 78.4 Å². The molecule has 0 saturated heterocycles. The minimum atomic E-state index is -3.64. The molecule has 3 aromatic rings. The van der Waals surface area contributed by atoms with E-state index in [1.165, 1.54) is 7.11 Å². The molecule has 0 bridgehead atoms. The summed E-state index contributed by atoms with van der Waals surface area (Å²) in [5.41, 5.74) is 2.62. The van der Waals surface area contributed by atoms with E-state index in [1.807, 2.05) is 79.7 Å². The molecule has 0 aliphatic carbocycles. The molecule has 0 aliphatic heterocycles. The van der Waals surface area contributed by atoms with E-state index in [0.717, 1.165) is 21.8 Å². The van der Waals surface area contributed by atoms with Crippen molar-refractivity contribution in [1.82, 2.24) is 5.06 Å². The van der Waals surface area contributed by atoms with Crippen LogP contribution < -0.4 is 4.52 Å². The smallest absolute Gasteiger partial charge is 0.379 e. The van der Waals surface area contributed by atoms with Gasteiger partial charge in [0.2, 0.25) is 6.41 Å². The molecule has 3 rings (SSSR count). The van der Waals surface area contributed by atoms with E-state index < -0.39 is 19.6 Å². The molecule has 0 N–H and O–H groups in total. The second kappa shape index (κ2) is 13.6. The van der Waals surface area contributed by atoms with Crippen molar-refractivity contribution in [3.63, 3.8) is 0 Å². The van der Waals surface area contributed by atoms with Gasteiger partial charge >= 0.3 is 13.6 Å². The van der Waals surface area contributed by atoms with Crippen LogP contribution in [0.3, 0.4) is 0 Å². The van der Waals surface area contributed by atoms with Crippen molar-refractivity contribution in [1.29, 1.82) is 0 Å². The second-order valence-electron chi connectivity index (χ2n) is 8.04. The number of amides is 1. The van der Waals surface area contributed by atoms with E-state index in [-0.39, 0.29) is 25.8 Å². The van der Waals surface area contributed by atoms with Gasteiger partial charge in [0, 0.05) is 7.11 Å². The van der Waals surface area contributed by atoms with Crippen molar-refractivity contribution in [2.24, 2.45) is 0 Å². The number of benzene rings is 3. The number of esters is 1. The van der Waals surface area contributed by atoms with Crippen LogP contribution in [0.5, 0.6) is 5.75 Å². The lowest BCUT2D eigenvalue weighted by molar-refractivity contribution is -0.203. The maximum atomic E-state index is 13.3. The number of rotatable bonds is 14. The van der Waals surface area contributed by atoms with Gasteiger partial charge in [-0.3, -0.25) is 9.63 Å². The lowest BCUT2D eigenvalue weighted by atomic mass is 10.2. The van der Waals surface area contributed by atoms with Crippen LogP contribution in [-0.4, -0.2) is 36.8 Å². The predicted molar refractivity (Wildman–Crippen MR) is 135 cm³/mol. The first-order chi connectivity index (χ1) is 17.4. The largest absolute Gasteiger partial charge is 0.459 e. The van der Waals surface area contributed by atoms with Gasteiger partial charge in [-0.2, -0.15) is 0 Å². The van der Waals surface area contributed by atoms with Crippen molar-refractivity contribution in [2.45, 2.75) is 32.6 Å². The number of hydrogen-bond donors (Lipinski definition) is 0. The van der Waals surface area contributed by atoms with E-state index in [1.54, 1.807) is 12.1 Å². The Labute approximate surface area is 211 Å². The van der Waals surface area contributed by atoms with E-state index in [4.69, 9.17) is 18.6 Å². The minimum Gasteiger partial charge on any atom is -0.459 e. The molecule has 9 heteroatoms. The van der Waals surface area contributed by atoms with Crippen LogP contribution >= 0.6 is 7.60 Å². The Hall–Kier alpha value is -3.45. The molecule has 1 amide bonds. The highest BCUT2D eigenvalue weighted by Gasteiger charge is 2.33. The average Bonchev–Trinajstić information content (AvgIpc) is 2.91. The Morgan fingerprint density at radius 3 is 2.06 bits per heavy atom. The number of carbonyl (C=O) groups is 2. The van der Waals surface area contributed by atoms with Crippen molar-refractivity contribution in [3.05, 3.63) is 102 Å². The highest BCUT2D eigenvalue weighted by Crippen LogP contribution is 2.48. The third kappa shape index (κ3) is 8.34. The average molecular weight is 512 g/mol. The molecule has 36 heavy (non-hydrogen) atoms. The molecule has 0 radical (unpaired) electrons. The molecular weight excluding hydrogens is 481 g/mol. The first-order valence-electron chi connectivity index (χ1n) is 11.4. The number of hydroxylamine groups is 2. The van der Waals surface area contributed by atoms with Crippen molar-refractivity contribution in [2.75, 3.05) is 13.3 Å². The van der Waals surface area contributed by atoms with Gasteiger partial charge in [0.1, 0.15) is 19.0 Å². The number of aryl methyl sites for hydroxylation is 1. The fourth-order valence-electron chi connectivity index (χ4n) is 3.31. The molecule has 0 heterocycles. The molecule has 0 aromatic heterocycles. The Kier molecular flexibility index (Phi) is 10.2. The highest BCUT2D eigenvalue weighted by molar-refractivity contribution is 7.54. The fraction of sp³-hybridized carbons (Fsp3) is 0.259. The van der Waals surface area contributed by atoms with Crippen LogP contribution in [0.4, 0.5) is 0 Å². The normalized spacial score (nSPS) is 13.3. The molecule has 190 valence electrons. The highest BCUT2D eigenvalue weighted by atomic mass is 31.2. The Balaban J connectivity index is 1.72. The third-order valence-corrected chi connectivity index (χ3v) is 7.20. The third-order valence-electron chi connectivity index (χ3n) is 5.35. The van der Waals surface area contributed by atoms with E-state index in [9.17, 15) is 14.2 Å². The van der Waals surface area contributed by atoms with Crippen LogP contribution in [0, 0.1) is 6.92 Å². The Bertz CT molecular complexity index is 1140. The zero-order valence-corrected chi connectivity index (χ0v) is 21.2. The summed E-state index contributed by atoms with van der Waals surface area (Å²) < 4.78 is 29.6. The Morgan fingerprint density at radius 2 is 1.50 bits per heavy atom. The molecule has 2 atom stereocenters. The molecule has 0 aliphatic rings. The van der Waals surface area contributed by atoms with Gasteiger partial charge in [-0.15, -0.1) is 0 Å². The summed E-state index contributed by atoms with van der Waals surface area (Å²) in [6.45, 7) is 2.00. The minimum absolute atomic E-state index is 0.0172. The molecule has 2 unspecified atom stereocenters. The van der Waals surface area contributed by atoms with Crippen LogP contribution in [-0.2, 0) is 41.5 Å². The zero-order chi connectivity index (χ0) is 25.8. The molecule has 0 fully saturated rings. The monoisotopic (exact) mass is 511 g/mol. The van der Waals surface area contributed by atoms with Gasteiger partial charge in [0.15, 0.2) is 6.04 Å². The predicted octanol–water partition coefficient (Wildman–Crippen LogP) is 5.31. The number of ether oxygens (including phenoxy) is 1. The summed E-state index contributed by atoms with van der Waals surface area (Å²) in [4.78, 5) is 30.6. The standard InChI is InChI=1S/C27H30NO7P/c1-22-13-15-25(16-14-22)35-36(31,32-2)18-17-26(27(30)33-19-23-9-5-3-6-10-23)28(21-29)34-20-24-11-7-4-8-12-24/h3-16,21,26H,17-20H2,1-2H3. The van der Waals surface area contributed by atoms with Crippen LogP contribution in [0.1, 0.15) is 23.1 Å². The maximum Gasteiger partial charge on any atom is 0.379 e. The maximum absolute atomic E-state index is 13.3. The van der Waals surface area contributed by atoms with Crippen molar-refractivity contribution < 1.29 is 32.8 Å². The summed E-state index contributed by atoms with van der Waals surface area (Å²) in [6.07, 6.45) is 0.190. The summed E-state index contributed by atoms with van der Waals surface area (Å²) >= 11 is 0. The number of nitrogens with zero attached hydrogens (tertiary/aromatic N) is 1. The van der Waals surface area contributed by atoms with Gasteiger partial charge in [-0.25, -0.2) is 14.4 Å². The van der Waals surface area contributed by atoms with E-state index >= 15 is 0 Å². The summed E-state index contributed by atoms with van der Waals surface area (Å²) in [7, 11) is -2.36. The first-order valence-corrected chi connectivity index (χ1v) is 13.2. The van der Waals surface area contributed by atoms with Crippen LogP contribution in [0.15, 0.2) is 84.9 Å². The van der Waals surface area contributed by atoms with E-state index in [0.29, 0.717) is 12.2 Å². The lowest BCUT2D eigenvalue weighted by Gasteiger charge is -2.27. The molecule has 0 spiro atoms. The fourth-order valence-corrected chi connectivity index (χ4v) is 4.66. The van der Waals surface area contributed by atoms with Gasteiger partial charge in [0.05, 0.1) is 6.16 Å². The van der Waals surface area contributed by atoms with Crippen molar-refractivity contribution in [3.8, 4) is 5.75 Å². The SMILES string of the molecule is COP(=O)(CCC(C(=O)OCc1ccccc1)N(C=O)OCc1ccccc1)Oc1ccc(C)cc1. The Morgan fingerprint density at radius 1 is 0.917 bits per heavy atom. The van der Waals surface area contributed by atoms with Crippen LogP contribution in [0.25, 0.3) is 0 Å². The van der Waals surface area contributed by atoms with Crippen LogP contribution in [0.2, 0.25) is 0 Å². The second-order valence-corrected chi connectivity index (χ2v) is 10.3. The lowest BCUT2D eigenvalue weighted by Crippen LogP contribution is -2.42. The molecular formula is C27H30NO7P. The summed E-state index contributed by atoms with van der Waals surface area (Å²) in [5, 5.41) is 0.895. The molecule has 8 nitrogen and oxygen atoms in total. The quantitative estimate of drug-likeness (QED) is 0.125. The topological polar surface area (TPSA) is 91.4 Å². The first kappa shape index (κ1) is 27.1. The van der Waals surface area contributed by atoms with Crippen molar-refractivity contribution >= 4 is 20.0 Å².